The molecule has 0 aromatic carbocycles. The fourth-order valence-corrected chi connectivity index (χ4v) is 4.12. The lowest BCUT2D eigenvalue weighted by Crippen LogP contribution is -2.43. The minimum absolute atomic E-state index is 0.171. The van der Waals surface area contributed by atoms with Gasteiger partial charge in [0.1, 0.15) is 0 Å². The summed E-state index contributed by atoms with van der Waals surface area (Å²) in [7, 11) is 0. The molecule has 5 heteroatoms. The second-order valence-corrected chi connectivity index (χ2v) is 8.84. The zero-order chi connectivity index (χ0) is 18.8. The molecular formula is C21H41N3O2. The zero-order valence-corrected chi connectivity index (χ0v) is 17.5. The Morgan fingerprint density at radius 3 is 2.58 bits per heavy atom. The van der Waals surface area contributed by atoms with E-state index in [4.69, 9.17) is 14.5 Å². The fourth-order valence-electron chi connectivity index (χ4n) is 4.12. The van der Waals surface area contributed by atoms with Crippen molar-refractivity contribution in [1.82, 2.24) is 10.6 Å². The maximum absolute atomic E-state index is 6.08. The number of nitrogens with one attached hydrogen (secondary N) is 2. The van der Waals surface area contributed by atoms with Crippen LogP contribution in [0.15, 0.2) is 4.99 Å². The molecule has 2 atom stereocenters. The third-order valence-corrected chi connectivity index (χ3v) is 5.40. The Kier molecular flexibility index (Phi) is 9.20. The summed E-state index contributed by atoms with van der Waals surface area (Å²) in [5, 5.41) is 6.82. The van der Waals surface area contributed by atoms with Gasteiger partial charge in [-0.25, -0.2) is 0 Å². The second-order valence-electron chi connectivity index (χ2n) is 8.84. The minimum atomic E-state index is 0.171. The summed E-state index contributed by atoms with van der Waals surface area (Å²) in [6.45, 7) is 13.3. The minimum Gasteiger partial charge on any atom is -0.378 e. The van der Waals surface area contributed by atoms with Crippen molar-refractivity contribution in [1.29, 1.82) is 0 Å². The Balaban J connectivity index is 1.73. The Morgan fingerprint density at radius 2 is 1.88 bits per heavy atom. The van der Waals surface area contributed by atoms with Crippen molar-refractivity contribution in [3.8, 4) is 0 Å². The molecule has 26 heavy (non-hydrogen) atoms. The molecule has 0 aromatic rings. The summed E-state index contributed by atoms with van der Waals surface area (Å²) < 4.78 is 12.0. The van der Waals surface area contributed by atoms with E-state index >= 15 is 0 Å². The summed E-state index contributed by atoms with van der Waals surface area (Å²) in [6.07, 6.45) is 9.35. The summed E-state index contributed by atoms with van der Waals surface area (Å²) in [4.78, 5) is 4.85. The van der Waals surface area contributed by atoms with E-state index in [2.05, 4.69) is 38.3 Å². The molecule has 2 rings (SSSR count). The number of aliphatic imine (C=N–C) groups is 1. The molecule has 2 fully saturated rings. The second kappa shape index (κ2) is 11.1. The van der Waals surface area contributed by atoms with Gasteiger partial charge in [0.2, 0.25) is 0 Å². The number of nitrogens with zero attached hydrogens (tertiary/aromatic N) is 1. The molecule has 0 aromatic heterocycles. The zero-order valence-electron chi connectivity index (χ0n) is 17.5. The van der Waals surface area contributed by atoms with Gasteiger partial charge in [0.15, 0.2) is 5.96 Å². The highest BCUT2D eigenvalue weighted by Gasteiger charge is 2.35. The summed E-state index contributed by atoms with van der Waals surface area (Å²) >= 11 is 0. The van der Waals surface area contributed by atoms with Crippen molar-refractivity contribution in [3.63, 3.8) is 0 Å². The van der Waals surface area contributed by atoms with Gasteiger partial charge in [0.05, 0.1) is 12.2 Å². The van der Waals surface area contributed by atoms with Crippen LogP contribution in [0.25, 0.3) is 0 Å². The van der Waals surface area contributed by atoms with Crippen LogP contribution in [0.5, 0.6) is 0 Å². The molecule has 1 saturated carbocycles. The van der Waals surface area contributed by atoms with E-state index in [9.17, 15) is 0 Å². The largest absolute Gasteiger partial charge is 0.378 e. The van der Waals surface area contributed by atoms with E-state index in [0.717, 1.165) is 51.6 Å². The van der Waals surface area contributed by atoms with Gasteiger partial charge < -0.3 is 20.1 Å². The maximum atomic E-state index is 6.08. The maximum Gasteiger partial charge on any atom is 0.191 e. The van der Waals surface area contributed by atoms with Crippen LogP contribution in [0.4, 0.5) is 0 Å². The lowest BCUT2D eigenvalue weighted by Gasteiger charge is -2.39. The van der Waals surface area contributed by atoms with Crippen molar-refractivity contribution >= 4 is 5.96 Å². The van der Waals surface area contributed by atoms with Gasteiger partial charge in [-0.15, -0.1) is 0 Å². The van der Waals surface area contributed by atoms with Crippen molar-refractivity contribution in [2.75, 3.05) is 32.8 Å². The molecule has 2 N–H and O–H groups in total. The van der Waals surface area contributed by atoms with E-state index in [0.29, 0.717) is 18.1 Å². The first kappa shape index (κ1) is 21.5. The first-order valence-corrected chi connectivity index (χ1v) is 10.8. The van der Waals surface area contributed by atoms with Crippen LogP contribution >= 0.6 is 0 Å². The smallest absolute Gasteiger partial charge is 0.191 e. The van der Waals surface area contributed by atoms with Crippen LogP contribution < -0.4 is 10.6 Å². The van der Waals surface area contributed by atoms with Crippen LogP contribution in [0.1, 0.15) is 72.6 Å². The van der Waals surface area contributed by atoms with E-state index in [1.54, 1.807) is 0 Å². The molecule has 0 amide bonds. The molecule has 0 radical (unpaired) electrons. The molecule has 0 spiro atoms. The number of hydrogen-bond donors (Lipinski definition) is 2. The Labute approximate surface area is 160 Å². The molecule has 5 nitrogen and oxygen atoms in total. The summed E-state index contributed by atoms with van der Waals surface area (Å²) in [6, 6.07) is 0. The standard InChI is InChI=1S/C21H41N3O2/c1-5-22-20(23-13-9-15-25-18-11-6-7-12-18)24-16-17-10-8-14-26-19(17)21(2,3)4/h17-19H,5-16H2,1-4H3,(H2,22,23,24). The quantitative estimate of drug-likeness (QED) is 0.390. The third-order valence-electron chi connectivity index (χ3n) is 5.40. The van der Waals surface area contributed by atoms with Crippen molar-refractivity contribution in [3.05, 3.63) is 0 Å². The topological polar surface area (TPSA) is 54.9 Å². The van der Waals surface area contributed by atoms with Crippen molar-refractivity contribution < 1.29 is 9.47 Å². The van der Waals surface area contributed by atoms with Crippen LogP contribution in [-0.2, 0) is 9.47 Å². The Hall–Kier alpha value is -0.810. The van der Waals surface area contributed by atoms with Gasteiger partial charge in [-0.05, 0) is 44.4 Å². The number of ether oxygens (including phenoxy) is 2. The van der Waals surface area contributed by atoms with Gasteiger partial charge in [-0.3, -0.25) is 4.99 Å². The van der Waals surface area contributed by atoms with Gasteiger partial charge >= 0.3 is 0 Å². The van der Waals surface area contributed by atoms with Crippen LogP contribution in [0.3, 0.4) is 0 Å². The normalized spacial score (nSPS) is 25.5. The van der Waals surface area contributed by atoms with Crippen LogP contribution in [0.2, 0.25) is 0 Å². The monoisotopic (exact) mass is 367 g/mol. The summed E-state index contributed by atoms with van der Waals surface area (Å²) in [5.74, 6) is 1.43. The predicted octanol–water partition coefficient (Wildman–Crippen LogP) is 3.73. The molecule has 1 aliphatic carbocycles. The van der Waals surface area contributed by atoms with Gasteiger partial charge in [-0.2, -0.15) is 0 Å². The Morgan fingerprint density at radius 1 is 1.12 bits per heavy atom. The lowest BCUT2D eigenvalue weighted by atomic mass is 9.78. The van der Waals surface area contributed by atoms with Gasteiger partial charge in [0, 0.05) is 38.8 Å². The van der Waals surface area contributed by atoms with Crippen molar-refractivity contribution in [2.45, 2.75) is 84.8 Å². The highest BCUT2D eigenvalue weighted by Crippen LogP contribution is 2.34. The van der Waals surface area contributed by atoms with Crippen LogP contribution in [-0.4, -0.2) is 51.0 Å². The van der Waals surface area contributed by atoms with Crippen molar-refractivity contribution in [2.24, 2.45) is 16.3 Å². The van der Waals surface area contributed by atoms with E-state index in [1.165, 1.54) is 32.1 Å². The molecule has 1 aliphatic heterocycles. The Bertz CT molecular complexity index is 414. The number of guanidine groups is 1. The highest BCUT2D eigenvalue weighted by atomic mass is 16.5. The average Bonchev–Trinajstić information content (AvgIpc) is 3.12. The first-order valence-electron chi connectivity index (χ1n) is 10.8. The molecule has 2 aliphatic rings. The fraction of sp³-hybridized carbons (Fsp3) is 0.952. The molecule has 2 unspecified atom stereocenters. The molecule has 1 heterocycles. The van der Waals surface area contributed by atoms with Crippen LogP contribution in [0, 0.1) is 11.3 Å². The van der Waals surface area contributed by atoms with Gasteiger partial charge in [-0.1, -0.05) is 33.6 Å². The molecule has 1 saturated heterocycles. The van der Waals surface area contributed by atoms with E-state index in [1.807, 2.05) is 0 Å². The molecule has 152 valence electrons. The van der Waals surface area contributed by atoms with E-state index in [-0.39, 0.29) is 5.41 Å². The SMILES string of the molecule is CCNC(=NCC1CCCOC1C(C)(C)C)NCCCOC1CCCC1. The average molecular weight is 368 g/mol. The first-order chi connectivity index (χ1) is 12.5. The molecule has 0 bridgehead atoms. The van der Waals surface area contributed by atoms with E-state index < -0.39 is 0 Å². The number of hydrogen-bond acceptors (Lipinski definition) is 3. The lowest BCUT2D eigenvalue weighted by molar-refractivity contribution is -0.0823. The van der Waals surface area contributed by atoms with Gasteiger partial charge in [0.25, 0.3) is 0 Å². The predicted molar refractivity (Wildman–Crippen MR) is 109 cm³/mol. The number of rotatable bonds is 8. The third kappa shape index (κ3) is 7.43. The highest BCUT2D eigenvalue weighted by molar-refractivity contribution is 5.79. The molecular weight excluding hydrogens is 326 g/mol. The summed E-state index contributed by atoms with van der Waals surface area (Å²) in [5.41, 5.74) is 0.171.